The Morgan fingerprint density at radius 3 is 2.88 bits per heavy atom. The molecule has 2 aromatic rings. The number of imidazole rings is 1. The van der Waals surface area contributed by atoms with Gasteiger partial charge in [-0.2, -0.15) is 0 Å². The lowest BCUT2D eigenvalue weighted by Crippen LogP contribution is -2.15. The fourth-order valence-corrected chi connectivity index (χ4v) is 2.30. The molecule has 16 heavy (non-hydrogen) atoms. The molecule has 5 nitrogen and oxygen atoms in total. The topological polar surface area (TPSA) is 48.3 Å². The van der Waals surface area contributed by atoms with Gasteiger partial charge in [-0.05, 0) is 0 Å². The number of anilines is 1. The van der Waals surface area contributed by atoms with Gasteiger partial charge in [-0.3, -0.25) is 0 Å². The molecule has 0 radical (unpaired) electrons. The molecular weight excluding hydrogens is 206 g/mol. The number of nitrogens with one attached hydrogen (secondary N) is 1. The Morgan fingerprint density at radius 1 is 1.19 bits per heavy atom. The van der Waals surface area contributed by atoms with E-state index in [4.69, 9.17) is 9.47 Å². The lowest BCUT2D eigenvalue weighted by molar-refractivity contribution is 0.172. The first kappa shape index (κ1) is 8.27. The van der Waals surface area contributed by atoms with Crippen molar-refractivity contribution in [1.82, 2.24) is 9.55 Å². The molecule has 82 valence electrons. The third kappa shape index (κ3) is 0.973. The van der Waals surface area contributed by atoms with E-state index in [1.165, 1.54) is 0 Å². The van der Waals surface area contributed by atoms with Gasteiger partial charge in [0.15, 0.2) is 11.5 Å². The zero-order chi connectivity index (χ0) is 10.5. The molecule has 0 saturated heterocycles. The lowest BCUT2D eigenvalue weighted by Gasteiger charge is -2.18. The lowest BCUT2D eigenvalue weighted by atomic mass is 10.2. The second kappa shape index (κ2) is 2.81. The molecule has 3 heterocycles. The molecule has 0 fully saturated rings. The first-order chi connectivity index (χ1) is 7.92. The van der Waals surface area contributed by atoms with Crippen molar-refractivity contribution in [2.75, 3.05) is 25.1 Å². The minimum atomic E-state index is 0.615. The van der Waals surface area contributed by atoms with Crippen molar-refractivity contribution in [3.05, 3.63) is 12.1 Å². The first-order valence-electron chi connectivity index (χ1n) is 5.45. The van der Waals surface area contributed by atoms with Crippen LogP contribution in [0.2, 0.25) is 0 Å². The number of fused-ring (bicyclic) bond motifs is 4. The predicted molar refractivity (Wildman–Crippen MR) is 59.2 cm³/mol. The molecule has 0 saturated carbocycles. The quantitative estimate of drug-likeness (QED) is 0.721. The highest BCUT2D eigenvalue weighted by Crippen LogP contribution is 2.36. The van der Waals surface area contributed by atoms with Gasteiger partial charge in [0.1, 0.15) is 13.2 Å². The summed E-state index contributed by atoms with van der Waals surface area (Å²) in [6, 6.07) is 3.98. The van der Waals surface area contributed by atoms with Gasteiger partial charge in [0.05, 0.1) is 11.0 Å². The minimum Gasteiger partial charge on any atom is -0.486 e. The summed E-state index contributed by atoms with van der Waals surface area (Å²) >= 11 is 0. The summed E-state index contributed by atoms with van der Waals surface area (Å²) in [6.45, 7) is 3.15. The maximum atomic E-state index is 5.57. The molecule has 0 atom stereocenters. The Kier molecular flexibility index (Phi) is 1.45. The third-order valence-electron chi connectivity index (χ3n) is 3.03. The van der Waals surface area contributed by atoms with E-state index < -0.39 is 0 Å². The Bertz CT molecular complexity index is 576. The predicted octanol–water partition coefficient (Wildman–Crippen LogP) is 1.23. The molecule has 2 aliphatic heterocycles. The van der Waals surface area contributed by atoms with Gasteiger partial charge < -0.3 is 19.4 Å². The fraction of sp³-hybridized carbons (Fsp3) is 0.364. The molecule has 4 rings (SSSR count). The van der Waals surface area contributed by atoms with E-state index in [0.717, 1.165) is 41.6 Å². The van der Waals surface area contributed by atoms with Crippen LogP contribution in [0.5, 0.6) is 11.5 Å². The Labute approximate surface area is 92.0 Å². The molecule has 0 amide bonds. The molecule has 0 spiro atoms. The molecule has 0 unspecified atom stereocenters. The summed E-state index contributed by atoms with van der Waals surface area (Å²) in [7, 11) is 0. The molecule has 1 aromatic carbocycles. The summed E-state index contributed by atoms with van der Waals surface area (Å²) in [5, 5.41) is 3.25. The number of hydrogen-bond donors (Lipinski definition) is 1. The minimum absolute atomic E-state index is 0.615. The second-order valence-corrected chi connectivity index (χ2v) is 4.00. The second-order valence-electron chi connectivity index (χ2n) is 4.00. The van der Waals surface area contributed by atoms with E-state index in [1.807, 2.05) is 12.1 Å². The van der Waals surface area contributed by atoms with Crippen LogP contribution in [0.15, 0.2) is 12.1 Å². The van der Waals surface area contributed by atoms with Gasteiger partial charge in [0.2, 0.25) is 5.95 Å². The first-order valence-corrected chi connectivity index (χ1v) is 5.45. The number of nitrogens with zero attached hydrogens (tertiary/aromatic N) is 2. The van der Waals surface area contributed by atoms with Crippen LogP contribution in [-0.4, -0.2) is 29.3 Å². The third-order valence-corrected chi connectivity index (χ3v) is 3.03. The van der Waals surface area contributed by atoms with Crippen LogP contribution in [0.4, 0.5) is 5.95 Å². The number of aromatic nitrogens is 2. The standard InChI is InChI=1S/C11H11N3O2/c1-2-14-8-6-10-9(15-3-4-16-10)5-7(8)13-11(14)12-1/h5-6H,1-4H2,(H,12,13). The van der Waals surface area contributed by atoms with Crippen LogP contribution in [0, 0.1) is 0 Å². The van der Waals surface area contributed by atoms with Gasteiger partial charge >= 0.3 is 0 Å². The van der Waals surface area contributed by atoms with Crippen molar-refractivity contribution >= 4 is 17.0 Å². The van der Waals surface area contributed by atoms with Crippen molar-refractivity contribution < 1.29 is 9.47 Å². The summed E-state index contributed by atoms with van der Waals surface area (Å²) in [5.41, 5.74) is 2.08. The average molecular weight is 217 g/mol. The van der Waals surface area contributed by atoms with E-state index in [9.17, 15) is 0 Å². The van der Waals surface area contributed by atoms with Crippen LogP contribution < -0.4 is 14.8 Å². The molecule has 2 aliphatic rings. The van der Waals surface area contributed by atoms with Gasteiger partial charge in [-0.15, -0.1) is 0 Å². The molecule has 0 aliphatic carbocycles. The molecule has 5 heteroatoms. The Morgan fingerprint density at radius 2 is 2.00 bits per heavy atom. The van der Waals surface area contributed by atoms with E-state index in [2.05, 4.69) is 14.9 Å². The van der Waals surface area contributed by atoms with Crippen molar-refractivity contribution in [1.29, 1.82) is 0 Å². The highest BCUT2D eigenvalue weighted by atomic mass is 16.6. The maximum Gasteiger partial charge on any atom is 0.204 e. The van der Waals surface area contributed by atoms with E-state index in [-0.39, 0.29) is 0 Å². The molecule has 0 bridgehead atoms. The average Bonchev–Trinajstić information content (AvgIpc) is 2.86. The van der Waals surface area contributed by atoms with E-state index >= 15 is 0 Å². The Balaban J connectivity index is 2.01. The van der Waals surface area contributed by atoms with Crippen LogP contribution in [0.1, 0.15) is 0 Å². The van der Waals surface area contributed by atoms with Gasteiger partial charge in [0.25, 0.3) is 0 Å². The number of benzene rings is 1. The van der Waals surface area contributed by atoms with Crippen molar-refractivity contribution in [2.45, 2.75) is 6.54 Å². The fourth-order valence-electron chi connectivity index (χ4n) is 2.30. The number of rotatable bonds is 0. The summed E-state index contributed by atoms with van der Waals surface area (Å²) in [6.07, 6.45) is 0. The molecular formula is C11H11N3O2. The largest absolute Gasteiger partial charge is 0.486 e. The monoisotopic (exact) mass is 217 g/mol. The highest BCUT2D eigenvalue weighted by Gasteiger charge is 2.20. The molecule has 1 aromatic heterocycles. The van der Waals surface area contributed by atoms with E-state index in [1.54, 1.807) is 0 Å². The molecule has 1 N–H and O–H groups in total. The SMILES string of the molecule is c1c2c(cc3c1nc1n3CCN1)OCCO2. The van der Waals surface area contributed by atoms with Crippen molar-refractivity contribution in [3.63, 3.8) is 0 Å². The van der Waals surface area contributed by atoms with Crippen LogP contribution in [-0.2, 0) is 6.54 Å². The van der Waals surface area contributed by atoms with Gasteiger partial charge in [-0.25, -0.2) is 4.98 Å². The Hall–Kier alpha value is -1.91. The van der Waals surface area contributed by atoms with Gasteiger partial charge in [-0.1, -0.05) is 0 Å². The summed E-state index contributed by atoms with van der Waals surface area (Å²) in [4.78, 5) is 4.52. The van der Waals surface area contributed by atoms with Crippen LogP contribution in [0.25, 0.3) is 11.0 Å². The van der Waals surface area contributed by atoms with Gasteiger partial charge in [0, 0.05) is 25.2 Å². The maximum absolute atomic E-state index is 5.57. The van der Waals surface area contributed by atoms with Crippen LogP contribution in [0.3, 0.4) is 0 Å². The smallest absolute Gasteiger partial charge is 0.204 e. The number of ether oxygens (including phenoxy) is 2. The van der Waals surface area contributed by atoms with E-state index in [0.29, 0.717) is 13.2 Å². The van der Waals surface area contributed by atoms with Crippen molar-refractivity contribution in [3.8, 4) is 11.5 Å². The summed E-state index contributed by atoms with van der Waals surface area (Å²) in [5.74, 6) is 2.57. The number of hydrogen-bond acceptors (Lipinski definition) is 4. The zero-order valence-electron chi connectivity index (χ0n) is 8.69. The van der Waals surface area contributed by atoms with Crippen LogP contribution >= 0.6 is 0 Å². The normalized spacial score (nSPS) is 17.2. The van der Waals surface area contributed by atoms with Crippen molar-refractivity contribution in [2.24, 2.45) is 0 Å². The highest BCUT2D eigenvalue weighted by molar-refractivity contribution is 5.83. The summed E-state index contributed by atoms with van der Waals surface area (Å²) < 4.78 is 13.3. The zero-order valence-corrected chi connectivity index (χ0v) is 8.69.